The highest BCUT2D eigenvalue weighted by molar-refractivity contribution is 5.78. The van der Waals surface area contributed by atoms with Gasteiger partial charge in [0.2, 0.25) is 5.91 Å². The Balaban J connectivity index is 1.90. The molecule has 4 heteroatoms. The summed E-state index contributed by atoms with van der Waals surface area (Å²) < 4.78 is 5.08. The molecule has 0 bridgehead atoms. The predicted octanol–water partition coefficient (Wildman–Crippen LogP) is 6.54. The van der Waals surface area contributed by atoms with Gasteiger partial charge >= 0.3 is 0 Å². The van der Waals surface area contributed by atoms with Gasteiger partial charge in [0.1, 0.15) is 0 Å². The topological polar surface area (TPSA) is 58.6 Å². The maximum Gasteiger partial charge on any atom is 0.224 e. The van der Waals surface area contributed by atoms with Crippen molar-refractivity contribution >= 4 is 5.91 Å². The van der Waals surface area contributed by atoms with Crippen LogP contribution in [0.4, 0.5) is 0 Å². The zero-order chi connectivity index (χ0) is 21.2. The van der Waals surface area contributed by atoms with E-state index in [9.17, 15) is 9.90 Å². The van der Waals surface area contributed by atoms with Gasteiger partial charge in [-0.25, -0.2) is 0 Å². The lowest BCUT2D eigenvalue weighted by Crippen LogP contribution is -2.26. The molecule has 0 aliphatic carbocycles. The number of benzene rings is 1. The number of nitrogens with one attached hydrogen (secondary N) is 1. The molecule has 0 aromatic heterocycles. The molecule has 0 aliphatic heterocycles. The third-order valence-corrected chi connectivity index (χ3v) is 5.46. The third kappa shape index (κ3) is 13.2. The maximum atomic E-state index is 12.0. The number of hydrogen-bond acceptors (Lipinski definition) is 3. The molecule has 0 unspecified atom stereocenters. The molecule has 0 atom stereocenters. The van der Waals surface area contributed by atoms with E-state index in [1.165, 1.54) is 90.6 Å². The number of methoxy groups -OCH3 is 1. The van der Waals surface area contributed by atoms with Crippen molar-refractivity contribution in [3.05, 3.63) is 23.8 Å². The van der Waals surface area contributed by atoms with Crippen LogP contribution in [0.5, 0.6) is 11.5 Å². The second kappa shape index (κ2) is 17.2. The number of unbranched alkanes of at least 4 members (excludes halogenated alkanes) is 13. The van der Waals surface area contributed by atoms with E-state index < -0.39 is 0 Å². The molecule has 1 aromatic rings. The van der Waals surface area contributed by atoms with Crippen LogP contribution in [-0.4, -0.2) is 24.7 Å². The van der Waals surface area contributed by atoms with Gasteiger partial charge in [0.05, 0.1) is 13.5 Å². The van der Waals surface area contributed by atoms with Crippen LogP contribution in [0, 0.1) is 0 Å². The van der Waals surface area contributed by atoms with Crippen LogP contribution in [0.2, 0.25) is 0 Å². The molecule has 1 amide bonds. The van der Waals surface area contributed by atoms with E-state index in [2.05, 4.69) is 12.2 Å². The van der Waals surface area contributed by atoms with Gasteiger partial charge < -0.3 is 15.2 Å². The first-order chi connectivity index (χ1) is 14.2. The first kappa shape index (κ1) is 25.3. The number of phenolic OH excluding ortho intramolecular Hbond substituents is 1. The highest BCUT2D eigenvalue weighted by Gasteiger charge is 2.07. The van der Waals surface area contributed by atoms with E-state index in [0.717, 1.165) is 18.5 Å². The van der Waals surface area contributed by atoms with E-state index in [1.54, 1.807) is 18.2 Å². The van der Waals surface area contributed by atoms with Crippen LogP contribution in [0.1, 0.15) is 102 Å². The summed E-state index contributed by atoms with van der Waals surface area (Å²) in [6.07, 6.45) is 19.1. The molecule has 4 nitrogen and oxygen atoms in total. The minimum Gasteiger partial charge on any atom is -0.504 e. The number of hydrogen-bond donors (Lipinski definition) is 2. The lowest BCUT2D eigenvalue weighted by atomic mass is 10.0. The Kier molecular flexibility index (Phi) is 15.0. The molecule has 0 fully saturated rings. The Hall–Kier alpha value is -1.71. The van der Waals surface area contributed by atoms with Gasteiger partial charge in [-0.15, -0.1) is 0 Å². The highest BCUT2D eigenvalue weighted by Crippen LogP contribution is 2.26. The van der Waals surface area contributed by atoms with Gasteiger partial charge in [-0.1, -0.05) is 96.5 Å². The molecule has 1 rings (SSSR count). The number of rotatable bonds is 18. The average Bonchev–Trinajstić information content (AvgIpc) is 2.72. The summed E-state index contributed by atoms with van der Waals surface area (Å²) in [5.74, 6) is 0.522. The Labute approximate surface area is 178 Å². The highest BCUT2D eigenvalue weighted by atomic mass is 16.5. The zero-order valence-electron chi connectivity index (χ0n) is 18.8. The summed E-state index contributed by atoms with van der Waals surface area (Å²) in [7, 11) is 1.51. The lowest BCUT2D eigenvalue weighted by Gasteiger charge is -2.08. The zero-order valence-corrected chi connectivity index (χ0v) is 18.8. The van der Waals surface area contributed by atoms with Crippen molar-refractivity contribution in [2.75, 3.05) is 13.7 Å². The number of phenols is 1. The molecular weight excluding hydrogens is 362 g/mol. The Morgan fingerprint density at radius 2 is 1.38 bits per heavy atom. The molecule has 0 radical (unpaired) electrons. The van der Waals surface area contributed by atoms with Crippen molar-refractivity contribution in [3.63, 3.8) is 0 Å². The maximum absolute atomic E-state index is 12.0. The van der Waals surface area contributed by atoms with Gasteiger partial charge in [-0.3, -0.25) is 4.79 Å². The second-order valence-electron chi connectivity index (χ2n) is 8.13. The molecule has 0 saturated carbocycles. The number of carbonyl (C=O) groups excluding carboxylic acids is 1. The Morgan fingerprint density at radius 3 is 1.90 bits per heavy atom. The summed E-state index contributed by atoms with van der Waals surface area (Å²) in [5, 5.41) is 12.6. The van der Waals surface area contributed by atoms with Gasteiger partial charge in [-0.05, 0) is 24.1 Å². The fourth-order valence-electron chi connectivity index (χ4n) is 3.63. The molecule has 2 N–H and O–H groups in total. The second-order valence-corrected chi connectivity index (χ2v) is 8.13. The SMILES string of the molecule is CCCCCCCCCCCCCCCCNC(=O)Cc1ccc(O)c(OC)c1. The Morgan fingerprint density at radius 1 is 0.862 bits per heavy atom. The summed E-state index contributed by atoms with van der Waals surface area (Å²) in [6, 6.07) is 5.03. The molecular formula is C25H43NO3. The molecule has 0 saturated heterocycles. The van der Waals surface area contributed by atoms with Gasteiger partial charge in [0, 0.05) is 6.54 Å². The van der Waals surface area contributed by atoms with Crippen LogP contribution in [0.3, 0.4) is 0 Å². The number of carbonyl (C=O) groups is 1. The van der Waals surface area contributed by atoms with Crippen LogP contribution in [0.15, 0.2) is 18.2 Å². The van der Waals surface area contributed by atoms with Crippen molar-refractivity contribution in [1.82, 2.24) is 5.32 Å². The summed E-state index contributed by atoms with van der Waals surface area (Å²) in [4.78, 5) is 12.0. The first-order valence-electron chi connectivity index (χ1n) is 11.8. The minimum absolute atomic E-state index is 0.0208. The fourth-order valence-corrected chi connectivity index (χ4v) is 3.63. The van der Waals surface area contributed by atoms with E-state index in [-0.39, 0.29) is 11.7 Å². The first-order valence-corrected chi connectivity index (χ1v) is 11.8. The van der Waals surface area contributed by atoms with Gasteiger partial charge in [-0.2, -0.15) is 0 Å². The molecule has 0 aliphatic rings. The van der Waals surface area contributed by atoms with Crippen LogP contribution < -0.4 is 10.1 Å². The fraction of sp³-hybridized carbons (Fsp3) is 0.720. The standard InChI is InChI=1S/C25H43NO3/c1-3-4-5-6-7-8-9-10-11-12-13-14-15-16-19-26-25(28)21-22-17-18-23(27)24(20-22)29-2/h17-18,20,27H,3-16,19,21H2,1-2H3,(H,26,28). The molecule has 29 heavy (non-hydrogen) atoms. The van der Waals surface area contributed by atoms with Gasteiger partial charge in [0.15, 0.2) is 11.5 Å². The Bertz CT molecular complexity index is 545. The van der Waals surface area contributed by atoms with Crippen LogP contribution >= 0.6 is 0 Å². The van der Waals surface area contributed by atoms with Crippen molar-refractivity contribution in [2.45, 2.75) is 103 Å². The van der Waals surface area contributed by atoms with E-state index in [0.29, 0.717) is 12.2 Å². The van der Waals surface area contributed by atoms with Crippen molar-refractivity contribution < 1.29 is 14.6 Å². The molecule has 0 heterocycles. The number of amides is 1. The van der Waals surface area contributed by atoms with Crippen molar-refractivity contribution in [3.8, 4) is 11.5 Å². The van der Waals surface area contributed by atoms with E-state index in [4.69, 9.17) is 4.74 Å². The smallest absolute Gasteiger partial charge is 0.224 e. The molecule has 166 valence electrons. The predicted molar refractivity (Wildman–Crippen MR) is 122 cm³/mol. The molecule has 1 aromatic carbocycles. The van der Waals surface area contributed by atoms with Crippen molar-refractivity contribution in [1.29, 1.82) is 0 Å². The van der Waals surface area contributed by atoms with Crippen molar-refractivity contribution in [2.24, 2.45) is 0 Å². The van der Waals surface area contributed by atoms with Crippen LogP contribution in [0.25, 0.3) is 0 Å². The average molecular weight is 406 g/mol. The summed E-state index contributed by atoms with van der Waals surface area (Å²) in [6.45, 7) is 3.01. The third-order valence-electron chi connectivity index (χ3n) is 5.46. The lowest BCUT2D eigenvalue weighted by molar-refractivity contribution is -0.120. The largest absolute Gasteiger partial charge is 0.504 e. The summed E-state index contributed by atoms with van der Waals surface area (Å²) >= 11 is 0. The van der Waals surface area contributed by atoms with Crippen LogP contribution in [-0.2, 0) is 11.2 Å². The van der Waals surface area contributed by atoms with E-state index >= 15 is 0 Å². The minimum atomic E-state index is 0.0208. The number of ether oxygens (including phenoxy) is 1. The van der Waals surface area contributed by atoms with Gasteiger partial charge in [0.25, 0.3) is 0 Å². The molecule has 0 spiro atoms. The number of aromatic hydroxyl groups is 1. The normalized spacial score (nSPS) is 10.8. The van der Waals surface area contributed by atoms with E-state index in [1.807, 2.05) is 0 Å². The summed E-state index contributed by atoms with van der Waals surface area (Å²) in [5.41, 5.74) is 0.845. The quantitative estimate of drug-likeness (QED) is 0.273. The monoisotopic (exact) mass is 405 g/mol.